The van der Waals surface area contributed by atoms with E-state index in [0.29, 0.717) is 11.4 Å². The monoisotopic (exact) mass is 393 g/mol. The second kappa shape index (κ2) is 8.55. The Bertz CT molecular complexity index is 897. The normalized spacial score (nSPS) is 10.9. The standard InChI is InChI=1S/C19H18F3N3O3/c1-12(26)23-14-6-5-7-15(10-14)25(13(2)27)11-18(28)24-17-9-4-3-8-16(17)19(20,21)22/h3-10H,11H2,1-2H3,(H,23,26)(H,24,28). The fraction of sp³-hybridized carbons (Fsp3) is 0.211. The summed E-state index contributed by atoms with van der Waals surface area (Å²) in [6, 6.07) is 10.8. The summed E-state index contributed by atoms with van der Waals surface area (Å²) in [5, 5.41) is 4.75. The van der Waals surface area contributed by atoms with Crippen LogP contribution in [0.4, 0.5) is 30.2 Å². The molecule has 2 rings (SSSR count). The van der Waals surface area contributed by atoms with E-state index in [9.17, 15) is 27.6 Å². The molecule has 0 radical (unpaired) electrons. The van der Waals surface area contributed by atoms with Gasteiger partial charge >= 0.3 is 6.18 Å². The lowest BCUT2D eigenvalue weighted by Gasteiger charge is -2.22. The number of nitrogens with one attached hydrogen (secondary N) is 2. The van der Waals surface area contributed by atoms with E-state index in [-0.39, 0.29) is 5.91 Å². The molecule has 2 N–H and O–H groups in total. The van der Waals surface area contributed by atoms with E-state index in [2.05, 4.69) is 10.6 Å². The number of benzene rings is 2. The van der Waals surface area contributed by atoms with E-state index in [1.807, 2.05) is 0 Å². The first-order valence-electron chi connectivity index (χ1n) is 8.20. The van der Waals surface area contributed by atoms with Crippen molar-refractivity contribution >= 4 is 34.8 Å². The summed E-state index contributed by atoms with van der Waals surface area (Å²) in [6.45, 7) is 2.05. The number of hydrogen-bond acceptors (Lipinski definition) is 3. The van der Waals surface area contributed by atoms with Gasteiger partial charge in [0.2, 0.25) is 17.7 Å². The first-order chi connectivity index (χ1) is 13.1. The molecule has 0 fully saturated rings. The van der Waals surface area contributed by atoms with Crippen LogP contribution in [0.5, 0.6) is 0 Å². The number of halogens is 3. The molecule has 0 unspecified atom stereocenters. The molecule has 0 aliphatic carbocycles. The molecule has 0 aliphatic heterocycles. The summed E-state index contributed by atoms with van der Waals surface area (Å²) in [5.41, 5.74) is -0.641. The van der Waals surface area contributed by atoms with Gasteiger partial charge in [-0.3, -0.25) is 14.4 Å². The van der Waals surface area contributed by atoms with Gasteiger partial charge in [0.1, 0.15) is 6.54 Å². The van der Waals surface area contributed by atoms with Gasteiger partial charge in [-0.2, -0.15) is 13.2 Å². The quantitative estimate of drug-likeness (QED) is 0.814. The maximum Gasteiger partial charge on any atom is 0.418 e. The fourth-order valence-electron chi connectivity index (χ4n) is 2.51. The van der Waals surface area contributed by atoms with Crippen molar-refractivity contribution in [2.45, 2.75) is 20.0 Å². The van der Waals surface area contributed by atoms with E-state index in [1.165, 1.54) is 32.0 Å². The van der Waals surface area contributed by atoms with Gasteiger partial charge in [0, 0.05) is 25.2 Å². The Morgan fingerprint density at radius 3 is 2.25 bits per heavy atom. The fourth-order valence-corrected chi connectivity index (χ4v) is 2.51. The van der Waals surface area contributed by atoms with Gasteiger partial charge in [-0.05, 0) is 30.3 Å². The Morgan fingerprint density at radius 1 is 0.964 bits per heavy atom. The van der Waals surface area contributed by atoms with Crippen molar-refractivity contribution in [1.82, 2.24) is 0 Å². The number of hydrogen-bond donors (Lipinski definition) is 2. The SMILES string of the molecule is CC(=O)Nc1cccc(N(CC(=O)Nc2ccccc2C(F)(F)F)C(C)=O)c1. The van der Waals surface area contributed by atoms with Gasteiger partial charge in [0.05, 0.1) is 11.3 Å². The molecule has 0 atom stereocenters. The van der Waals surface area contributed by atoms with Crippen LogP contribution in [0, 0.1) is 0 Å². The second-order valence-corrected chi connectivity index (χ2v) is 5.93. The third kappa shape index (κ3) is 5.57. The smallest absolute Gasteiger partial charge is 0.326 e. The molecule has 9 heteroatoms. The Morgan fingerprint density at radius 2 is 1.64 bits per heavy atom. The van der Waals surface area contributed by atoms with Crippen molar-refractivity contribution in [3.8, 4) is 0 Å². The number of amides is 3. The Labute approximate surface area is 159 Å². The predicted molar refractivity (Wildman–Crippen MR) is 98.8 cm³/mol. The van der Waals surface area contributed by atoms with E-state index in [1.54, 1.807) is 18.2 Å². The minimum Gasteiger partial charge on any atom is -0.326 e. The summed E-state index contributed by atoms with van der Waals surface area (Å²) in [6.07, 6.45) is -4.63. The number of rotatable bonds is 5. The Kier molecular flexibility index (Phi) is 6.40. The molecule has 0 aliphatic rings. The third-order valence-corrected chi connectivity index (χ3v) is 3.67. The molecule has 0 aromatic heterocycles. The van der Waals surface area contributed by atoms with E-state index in [0.717, 1.165) is 17.0 Å². The Hall–Kier alpha value is -3.36. The van der Waals surface area contributed by atoms with E-state index < -0.39 is 35.8 Å². The average molecular weight is 393 g/mol. The molecule has 2 aromatic rings. The largest absolute Gasteiger partial charge is 0.418 e. The molecule has 0 saturated heterocycles. The minimum atomic E-state index is -4.63. The van der Waals surface area contributed by atoms with Crippen molar-refractivity contribution in [2.75, 3.05) is 22.1 Å². The highest BCUT2D eigenvalue weighted by Gasteiger charge is 2.33. The molecule has 0 bridgehead atoms. The van der Waals surface area contributed by atoms with Gasteiger partial charge in [0.25, 0.3) is 0 Å². The number of carbonyl (C=O) groups excluding carboxylic acids is 3. The average Bonchev–Trinajstić information content (AvgIpc) is 2.58. The molecular weight excluding hydrogens is 375 g/mol. The molecule has 2 aromatic carbocycles. The topological polar surface area (TPSA) is 78.5 Å². The summed E-state index contributed by atoms with van der Waals surface area (Å²) in [5.74, 6) is -1.59. The number of alkyl halides is 3. The molecule has 3 amide bonds. The highest BCUT2D eigenvalue weighted by molar-refractivity contribution is 6.02. The van der Waals surface area contributed by atoms with Crippen LogP contribution in [0.1, 0.15) is 19.4 Å². The maximum absolute atomic E-state index is 13.1. The highest BCUT2D eigenvalue weighted by Crippen LogP contribution is 2.34. The van der Waals surface area contributed by atoms with E-state index >= 15 is 0 Å². The van der Waals surface area contributed by atoms with Crippen LogP contribution in [0.25, 0.3) is 0 Å². The first kappa shape index (κ1) is 20.9. The number of nitrogens with zero attached hydrogens (tertiary/aromatic N) is 1. The molecular formula is C19H18F3N3O3. The molecule has 0 heterocycles. The van der Waals surface area contributed by atoms with Crippen molar-refractivity contribution in [3.63, 3.8) is 0 Å². The predicted octanol–water partition coefficient (Wildman–Crippen LogP) is 3.66. The molecule has 0 spiro atoms. The van der Waals surface area contributed by atoms with Crippen molar-refractivity contribution < 1.29 is 27.6 Å². The molecule has 0 saturated carbocycles. The lowest BCUT2D eigenvalue weighted by atomic mass is 10.1. The zero-order chi connectivity index (χ0) is 20.9. The van der Waals surface area contributed by atoms with Gasteiger partial charge in [0.15, 0.2) is 0 Å². The van der Waals surface area contributed by atoms with Crippen LogP contribution in [0.15, 0.2) is 48.5 Å². The number of carbonyl (C=O) groups is 3. The Balaban J connectivity index is 2.21. The lowest BCUT2D eigenvalue weighted by Crippen LogP contribution is -2.37. The summed E-state index contributed by atoms with van der Waals surface area (Å²) in [7, 11) is 0. The molecule has 148 valence electrons. The van der Waals surface area contributed by atoms with Crippen LogP contribution in [-0.2, 0) is 20.6 Å². The van der Waals surface area contributed by atoms with Crippen molar-refractivity contribution in [3.05, 3.63) is 54.1 Å². The van der Waals surface area contributed by atoms with Crippen LogP contribution in [-0.4, -0.2) is 24.3 Å². The number of para-hydroxylation sites is 1. The summed E-state index contributed by atoms with van der Waals surface area (Å²) in [4.78, 5) is 36.5. The zero-order valence-electron chi connectivity index (χ0n) is 15.1. The first-order valence-corrected chi connectivity index (χ1v) is 8.20. The van der Waals surface area contributed by atoms with E-state index in [4.69, 9.17) is 0 Å². The molecule has 6 nitrogen and oxygen atoms in total. The van der Waals surface area contributed by atoms with Crippen LogP contribution >= 0.6 is 0 Å². The van der Waals surface area contributed by atoms with Crippen molar-refractivity contribution in [2.24, 2.45) is 0 Å². The van der Waals surface area contributed by atoms with Crippen LogP contribution in [0.3, 0.4) is 0 Å². The van der Waals surface area contributed by atoms with Gasteiger partial charge in [-0.25, -0.2) is 0 Å². The minimum absolute atomic E-state index is 0.312. The highest BCUT2D eigenvalue weighted by atomic mass is 19.4. The summed E-state index contributed by atoms with van der Waals surface area (Å²) < 4.78 is 39.2. The molecule has 28 heavy (non-hydrogen) atoms. The van der Waals surface area contributed by atoms with Crippen LogP contribution < -0.4 is 15.5 Å². The maximum atomic E-state index is 13.1. The van der Waals surface area contributed by atoms with Gasteiger partial charge in [-0.15, -0.1) is 0 Å². The number of anilines is 3. The van der Waals surface area contributed by atoms with Gasteiger partial charge in [-0.1, -0.05) is 18.2 Å². The lowest BCUT2D eigenvalue weighted by molar-refractivity contribution is -0.137. The van der Waals surface area contributed by atoms with Crippen molar-refractivity contribution in [1.29, 1.82) is 0 Å². The zero-order valence-corrected chi connectivity index (χ0v) is 15.1. The second-order valence-electron chi connectivity index (χ2n) is 5.93. The van der Waals surface area contributed by atoms with Gasteiger partial charge < -0.3 is 15.5 Å². The summed E-state index contributed by atoms with van der Waals surface area (Å²) >= 11 is 0. The third-order valence-electron chi connectivity index (χ3n) is 3.67. The van der Waals surface area contributed by atoms with Crippen LogP contribution in [0.2, 0.25) is 0 Å².